The first kappa shape index (κ1) is 18.9. The molecule has 0 saturated carbocycles. The van der Waals surface area contributed by atoms with E-state index in [2.05, 4.69) is 32.7 Å². The Kier molecular flexibility index (Phi) is 5.27. The van der Waals surface area contributed by atoms with E-state index in [0.29, 0.717) is 16.3 Å². The number of thioether (sulfide) groups is 1. The molecule has 1 aromatic carbocycles. The van der Waals surface area contributed by atoms with Crippen molar-refractivity contribution in [2.45, 2.75) is 31.5 Å². The summed E-state index contributed by atoms with van der Waals surface area (Å²) in [6, 6.07) is 7.90. The van der Waals surface area contributed by atoms with Gasteiger partial charge < -0.3 is 14.7 Å². The lowest BCUT2D eigenvalue weighted by atomic mass is 9.95. The van der Waals surface area contributed by atoms with Gasteiger partial charge in [-0.15, -0.1) is 0 Å². The quantitative estimate of drug-likeness (QED) is 0.669. The predicted octanol–water partition coefficient (Wildman–Crippen LogP) is 5.19. The van der Waals surface area contributed by atoms with Crippen molar-refractivity contribution in [1.29, 1.82) is 0 Å². The van der Waals surface area contributed by atoms with E-state index in [9.17, 15) is 5.11 Å². The number of ether oxygens (including phenoxy) is 1. The van der Waals surface area contributed by atoms with Gasteiger partial charge in [0, 0.05) is 22.5 Å². The van der Waals surface area contributed by atoms with Gasteiger partial charge in [-0.3, -0.25) is 9.98 Å². The first-order valence-electron chi connectivity index (χ1n) is 8.71. The van der Waals surface area contributed by atoms with Crippen LogP contribution in [0.25, 0.3) is 0 Å². The van der Waals surface area contributed by atoms with E-state index in [1.807, 2.05) is 24.3 Å². The van der Waals surface area contributed by atoms with Gasteiger partial charge in [-0.05, 0) is 46.1 Å². The molecule has 8 heteroatoms. The van der Waals surface area contributed by atoms with Crippen molar-refractivity contribution in [2.24, 2.45) is 4.99 Å². The predicted molar refractivity (Wildman–Crippen MR) is 113 cm³/mol. The van der Waals surface area contributed by atoms with Crippen molar-refractivity contribution in [3.05, 3.63) is 51.2 Å². The van der Waals surface area contributed by atoms with Crippen LogP contribution in [0.15, 0.2) is 39.9 Å². The van der Waals surface area contributed by atoms with Crippen molar-refractivity contribution < 1.29 is 9.84 Å². The first-order chi connectivity index (χ1) is 13.1. The number of hydrogen-bond donors (Lipinski definition) is 1. The normalized spacial score (nSPS) is 24.1. The van der Waals surface area contributed by atoms with Crippen LogP contribution in [0.1, 0.15) is 36.7 Å². The summed E-state index contributed by atoms with van der Waals surface area (Å²) in [6.45, 7) is 2.19. The Labute approximate surface area is 175 Å². The van der Waals surface area contributed by atoms with Gasteiger partial charge in [0.1, 0.15) is 11.1 Å². The maximum Gasteiger partial charge on any atom is 0.177 e. The van der Waals surface area contributed by atoms with Crippen LogP contribution in [0.2, 0.25) is 5.02 Å². The maximum absolute atomic E-state index is 10.3. The Balaban J connectivity index is 1.88. The number of hydrogen-bond acceptors (Lipinski definition) is 6. The van der Waals surface area contributed by atoms with Gasteiger partial charge in [0.2, 0.25) is 0 Å². The minimum atomic E-state index is -0.148. The second kappa shape index (κ2) is 7.53. The molecule has 0 bridgehead atoms. The highest BCUT2D eigenvalue weighted by molar-refractivity contribution is 9.10. The van der Waals surface area contributed by atoms with Gasteiger partial charge in [0.05, 0.1) is 18.8 Å². The number of phenolic OH excluding ortho intramolecular Hbond substituents is 1. The number of aliphatic imine (C=N–C) groups is 1. The van der Waals surface area contributed by atoms with Crippen molar-refractivity contribution in [3.8, 4) is 11.5 Å². The Morgan fingerprint density at radius 1 is 1.44 bits per heavy atom. The highest BCUT2D eigenvalue weighted by Crippen LogP contribution is 2.53. The summed E-state index contributed by atoms with van der Waals surface area (Å²) in [6.07, 6.45) is 2.82. The zero-order chi connectivity index (χ0) is 19.1. The second-order valence-electron chi connectivity index (χ2n) is 6.48. The van der Waals surface area contributed by atoms with Crippen molar-refractivity contribution in [2.75, 3.05) is 12.9 Å². The Hall–Kier alpha value is -1.44. The third kappa shape index (κ3) is 3.09. The van der Waals surface area contributed by atoms with Gasteiger partial charge in [0.15, 0.2) is 16.7 Å². The van der Waals surface area contributed by atoms with Crippen LogP contribution in [0.3, 0.4) is 0 Å². The largest absolute Gasteiger partial charge is 0.503 e. The lowest BCUT2D eigenvalue weighted by Crippen LogP contribution is -2.35. The zero-order valence-electron chi connectivity index (χ0n) is 14.9. The number of phenols is 1. The molecule has 0 aliphatic carbocycles. The van der Waals surface area contributed by atoms with E-state index < -0.39 is 0 Å². The lowest BCUT2D eigenvalue weighted by Gasteiger charge is -2.33. The topological polar surface area (TPSA) is 58.0 Å². The monoisotopic (exact) mass is 467 g/mol. The lowest BCUT2D eigenvalue weighted by molar-refractivity contribution is 0.253. The Morgan fingerprint density at radius 2 is 2.26 bits per heavy atom. The molecule has 2 aromatic rings. The van der Waals surface area contributed by atoms with Crippen LogP contribution in [0.5, 0.6) is 11.5 Å². The standard InChI is InChI=1S/C19H19BrClN3O2S/c1-3-10-9-27-19-23-16(12-6-4-5-7-22-12)17(24(10)19)11-8-13(26-2)18(25)15(21)14(11)20/h4-8,10,16-17,25H,3,9H2,1-2H3/t10-,16+,17+/m1/s1. The summed E-state index contributed by atoms with van der Waals surface area (Å²) in [7, 11) is 1.52. The van der Waals surface area contributed by atoms with E-state index in [1.54, 1.807) is 18.0 Å². The summed E-state index contributed by atoms with van der Waals surface area (Å²) in [4.78, 5) is 11.9. The summed E-state index contributed by atoms with van der Waals surface area (Å²) >= 11 is 11.8. The molecule has 2 aliphatic rings. The minimum Gasteiger partial charge on any atom is -0.503 e. The maximum atomic E-state index is 10.3. The molecule has 3 atom stereocenters. The molecule has 4 rings (SSSR count). The number of halogens is 2. The van der Waals surface area contributed by atoms with Gasteiger partial charge in [-0.25, -0.2) is 0 Å². The number of pyridine rings is 1. The molecule has 142 valence electrons. The van der Waals surface area contributed by atoms with Crippen molar-refractivity contribution in [3.63, 3.8) is 0 Å². The molecule has 1 fully saturated rings. The van der Waals surface area contributed by atoms with Crippen LogP contribution in [0, 0.1) is 0 Å². The first-order valence-corrected chi connectivity index (χ1v) is 10.9. The average molecular weight is 469 g/mol. The fraction of sp³-hybridized carbons (Fsp3) is 0.368. The molecule has 1 saturated heterocycles. The minimum absolute atomic E-state index is 0.0637. The van der Waals surface area contributed by atoms with Crippen LogP contribution in [-0.2, 0) is 0 Å². The highest BCUT2D eigenvalue weighted by atomic mass is 79.9. The Bertz CT molecular complexity index is 896. The van der Waals surface area contributed by atoms with Gasteiger partial charge in [-0.1, -0.05) is 36.4 Å². The molecule has 2 aliphatic heterocycles. The molecule has 27 heavy (non-hydrogen) atoms. The number of rotatable bonds is 4. The van der Waals surface area contributed by atoms with Crippen LogP contribution >= 0.6 is 39.3 Å². The zero-order valence-corrected chi connectivity index (χ0v) is 18.1. The third-order valence-electron chi connectivity index (χ3n) is 5.04. The Morgan fingerprint density at radius 3 is 2.93 bits per heavy atom. The smallest absolute Gasteiger partial charge is 0.177 e. The van der Waals surface area contributed by atoms with E-state index in [-0.39, 0.29) is 22.9 Å². The molecule has 5 nitrogen and oxygen atoms in total. The van der Waals surface area contributed by atoms with Gasteiger partial charge in [-0.2, -0.15) is 0 Å². The number of amidine groups is 1. The van der Waals surface area contributed by atoms with Crippen molar-refractivity contribution >= 4 is 44.5 Å². The summed E-state index contributed by atoms with van der Waals surface area (Å²) in [5.41, 5.74) is 1.85. The van der Waals surface area contributed by atoms with Crippen LogP contribution in [0.4, 0.5) is 0 Å². The molecule has 3 heterocycles. The van der Waals surface area contributed by atoms with E-state index >= 15 is 0 Å². The summed E-state index contributed by atoms with van der Waals surface area (Å²) in [5.74, 6) is 1.30. The highest BCUT2D eigenvalue weighted by Gasteiger charge is 2.46. The number of fused-ring (bicyclic) bond motifs is 1. The summed E-state index contributed by atoms with van der Waals surface area (Å²) in [5, 5.41) is 11.6. The second-order valence-corrected chi connectivity index (χ2v) is 8.64. The molecule has 0 unspecified atom stereocenters. The summed E-state index contributed by atoms with van der Waals surface area (Å²) < 4.78 is 6.02. The van der Waals surface area contributed by atoms with E-state index in [4.69, 9.17) is 21.3 Å². The molecule has 0 radical (unpaired) electrons. The number of aromatic hydroxyl groups is 1. The molecule has 1 N–H and O–H groups in total. The van der Waals surface area contributed by atoms with Gasteiger partial charge in [0.25, 0.3) is 0 Å². The fourth-order valence-corrected chi connectivity index (χ4v) is 5.75. The van der Waals surface area contributed by atoms with Gasteiger partial charge >= 0.3 is 0 Å². The number of benzene rings is 1. The third-order valence-corrected chi connectivity index (χ3v) is 7.62. The number of nitrogens with zero attached hydrogens (tertiary/aromatic N) is 3. The SMILES string of the molecule is CC[C@@H]1CSC2=N[C@@H](c3ccccn3)[C@H](c3cc(OC)c(O)c(Cl)c3Br)N21. The molecular formula is C19H19BrClN3O2S. The number of aromatic nitrogens is 1. The van der Waals surface area contributed by atoms with Crippen molar-refractivity contribution in [1.82, 2.24) is 9.88 Å². The van der Waals surface area contributed by atoms with E-state index in [1.165, 1.54) is 7.11 Å². The van der Waals surface area contributed by atoms with E-state index in [0.717, 1.165) is 28.6 Å². The average Bonchev–Trinajstić information content (AvgIpc) is 3.26. The molecule has 0 amide bonds. The molecule has 1 aromatic heterocycles. The molecular weight excluding hydrogens is 450 g/mol. The molecule has 0 spiro atoms. The number of methoxy groups -OCH3 is 1. The van der Waals surface area contributed by atoms with Crippen LogP contribution < -0.4 is 4.74 Å². The fourth-order valence-electron chi connectivity index (χ4n) is 3.67. The van der Waals surface area contributed by atoms with Crippen LogP contribution in [-0.4, -0.2) is 39.1 Å².